The second-order valence-corrected chi connectivity index (χ2v) is 5.97. The van der Waals surface area contributed by atoms with E-state index in [1.54, 1.807) is 40.1 Å². The quantitative estimate of drug-likeness (QED) is 0.826. The van der Waals surface area contributed by atoms with Crippen LogP contribution in [0.1, 0.15) is 17.7 Å². The Morgan fingerprint density at radius 1 is 1.52 bits per heavy atom. The number of aryl methyl sites for hydroxylation is 1. The molecule has 1 fully saturated rings. The van der Waals surface area contributed by atoms with Crippen molar-refractivity contribution in [2.24, 2.45) is 13.0 Å². The van der Waals surface area contributed by atoms with E-state index in [1.807, 2.05) is 19.3 Å². The highest BCUT2D eigenvalue weighted by Crippen LogP contribution is 2.22. The molecule has 0 aromatic carbocycles. The third-order valence-corrected chi connectivity index (χ3v) is 4.04. The van der Waals surface area contributed by atoms with Crippen LogP contribution in [0.5, 0.6) is 0 Å². The van der Waals surface area contributed by atoms with Crippen LogP contribution in [-0.2, 0) is 29.7 Å². The molecule has 1 saturated heterocycles. The van der Waals surface area contributed by atoms with Gasteiger partial charge < -0.3 is 14.2 Å². The van der Waals surface area contributed by atoms with Gasteiger partial charge in [0.1, 0.15) is 5.76 Å². The zero-order chi connectivity index (χ0) is 16.4. The molecule has 0 saturated carbocycles. The molecule has 1 aliphatic rings. The van der Waals surface area contributed by atoms with Crippen molar-refractivity contribution >= 4 is 11.8 Å². The van der Waals surface area contributed by atoms with Gasteiger partial charge in [-0.15, -0.1) is 0 Å². The SMILES string of the molecule is CN(Cc1cnn(C)c1)C(=O)[C@H]1CC(=O)N(Cc2ccco2)C1. The Balaban J connectivity index is 1.58. The first-order valence-corrected chi connectivity index (χ1v) is 7.55. The summed E-state index contributed by atoms with van der Waals surface area (Å²) in [5.74, 6) is 0.424. The minimum Gasteiger partial charge on any atom is -0.467 e. The lowest BCUT2D eigenvalue weighted by atomic mass is 10.1. The molecule has 0 radical (unpaired) electrons. The molecule has 0 unspecified atom stereocenters. The topological polar surface area (TPSA) is 71.6 Å². The Bertz CT molecular complexity index is 692. The molecule has 1 aliphatic heterocycles. The summed E-state index contributed by atoms with van der Waals surface area (Å²) in [6.45, 7) is 1.35. The Hall–Kier alpha value is -2.57. The summed E-state index contributed by atoms with van der Waals surface area (Å²) in [4.78, 5) is 28.0. The lowest BCUT2D eigenvalue weighted by Crippen LogP contribution is -2.34. The van der Waals surface area contributed by atoms with Crippen molar-refractivity contribution in [1.29, 1.82) is 0 Å². The molecular formula is C16H20N4O3. The van der Waals surface area contributed by atoms with Gasteiger partial charge in [0, 0.05) is 45.4 Å². The molecule has 7 heteroatoms. The minimum absolute atomic E-state index is 0.00507. The number of nitrogens with zero attached hydrogens (tertiary/aromatic N) is 4. The lowest BCUT2D eigenvalue weighted by Gasteiger charge is -2.20. The molecule has 3 heterocycles. The first-order valence-electron chi connectivity index (χ1n) is 7.55. The number of aromatic nitrogens is 2. The summed E-state index contributed by atoms with van der Waals surface area (Å²) in [5.41, 5.74) is 0.972. The van der Waals surface area contributed by atoms with Crippen molar-refractivity contribution in [2.75, 3.05) is 13.6 Å². The number of rotatable bonds is 5. The molecule has 2 amide bonds. The first-order chi connectivity index (χ1) is 11.0. The molecule has 23 heavy (non-hydrogen) atoms. The molecule has 0 aliphatic carbocycles. The number of amides is 2. The van der Waals surface area contributed by atoms with Crippen LogP contribution < -0.4 is 0 Å². The number of carbonyl (C=O) groups excluding carboxylic acids is 2. The third kappa shape index (κ3) is 3.44. The molecule has 2 aromatic rings. The van der Waals surface area contributed by atoms with Crippen molar-refractivity contribution in [1.82, 2.24) is 19.6 Å². The van der Waals surface area contributed by atoms with Crippen LogP contribution in [0.2, 0.25) is 0 Å². The number of furan rings is 1. The maximum Gasteiger partial charge on any atom is 0.228 e. The summed E-state index contributed by atoms with van der Waals surface area (Å²) in [7, 11) is 3.60. The second kappa shape index (κ2) is 6.28. The predicted molar refractivity (Wildman–Crippen MR) is 81.9 cm³/mol. The molecule has 0 bridgehead atoms. The number of hydrogen-bond donors (Lipinski definition) is 0. The van der Waals surface area contributed by atoms with Crippen LogP contribution in [0.4, 0.5) is 0 Å². The molecule has 7 nitrogen and oxygen atoms in total. The highest BCUT2D eigenvalue weighted by molar-refractivity contribution is 5.89. The third-order valence-electron chi connectivity index (χ3n) is 4.04. The number of hydrogen-bond acceptors (Lipinski definition) is 4. The summed E-state index contributed by atoms with van der Waals surface area (Å²) in [6, 6.07) is 3.62. The van der Waals surface area contributed by atoms with Crippen LogP contribution in [0, 0.1) is 5.92 Å². The number of likely N-dealkylation sites (tertiary alicyclic amines) is 1. The first kappa shape index (κ1) is 15.3. The van der Waals surface area contributed by atoms with Crippen LogP contribution in [0.3, 0.4) is 0 Å². The van der Waals surface area contributed by atoms with Crippen LogP contribution in [0.15, 0.2) is 35.2 Å². The van der Waals surface area contributed by atoms with Gasteiger partial charge in [-0.2, -0.15) is 5.10 Å². The van der Waals surface area contributed by atoms with Gasteiger partial charge in [-0.05, 0) is 12.1 Å². The maximum absolute atomic E-state index is 12.5. The van der Waals surface area contributed by atoms with Crippen molar-refractivity contribution < 1.29 is 14.0 Å². The monoisotopic (exact) mass is 316 g/mol. The van der Waals surface area contributed by atoms with Gasteiger partial charge in [-0.1, -0.05) is 0 Å². The van der Waals surface area contributed by atoms with Crippen LogP contribution in [-0.4, -0.2) is 45.0 Å². The Kier molecular flexibility index (Phi) is 4.18. The fourth-order valence-corrected chi connectivity index (χ4v) is 2.90. The van der Waals surface area contributed by atoms with Gasteiger partial charge in [-0.3, -0.25) is 14.3 Å². The fraction of sp³-hybridized carbons (Fsp3) is 0.438. The lowest BCUT2D eigenvalue weighted by molar-refractivity contribution is -0.135. The van der Waals surface area contributed by atoms with E-state index in [1.165, 1.54) is 0 Å². The van der Waals surface area contributed by atoms with E-state index in [9.17, 15) is 9.59 Å². The van der Waals surface area contributed by atoms with Crippen molar-refractivity contribution in [3.8, 4) is 0 Å². The smallest absolute Gasteiger partial charge is 0.228 e. The predicted octanol–water partition coefficient (Wildman–Crippen LogP) is 1.02. The van der Waals surface area contributed by atoms with E-state index >= 15 is 0 Å². The van der Waals surface area contributed by atoms with E-state index in [2.05, 4.69) is 5.10 Å². The molecule has 0 N–H and O–H groups in total. The Morgan fingerprint density at radius 3 is 3.00 bits per heavy atom. The van der Waals surface area contributed by atoms with E-state index in [-0.39, 0.29) is 24.2 Å². The summed E-state index contributed by atoms with van der Waals surface area (Å²) in [5, 5.41) is 4.10. The molecule has 122 valence electrons. The standard InChI is InChI=1S/C16H20N4O3/c1-18(8-12-7-17-19(2)9-12)16(22)13-6-15(21)20(10-13)11-14-4-3-5-23-14/h3-5,7,9,13H,6,8,10-11H2,1-2H3/t13-/m0/s1. The van der Waals surface area contributed by atoms with Crippen LogP contribution in [0.25, 0.3) is 0 Å². The summed E-state index contributed by atoms with van der Waals surface area (Å²) >= 11 is 0. The minimum atomic E-state index is -0.292. The van der Waals surface area contributed by atoms with E-state index in [4.69, 9.17) is 4.42 Å². The Labute approximate surface area is 134 Å². The molecule has 1 atom stereocenters. The molecule has 0 spiro atoms. The maximum atomic E-state index is 12.5. The summed E-state index contributed by atoms with van der Waals surface area (Å²) < 4.78 is 6.98. The zero-order valence-electron chi connectivity index (χ0n) is 13.3. The fourth-order valence-electron chi connectivity index (χ4n) is 2.90. The number of carbonyl (C=O) groups is 2. The van der Waals surface area contributed by atoms with E-state index in [0.717, 1.165) is 11.3 Å². The highest BCUT2D eigenvalue weighted by atomic mass is 16.3. The second-order valence-electron chi connectivity index (χ2n) is 5.97. The van der Waals surface area contributed by atoms with Gasteiger partial charge in [0.2, 0.25) is 11.8 Å². The average molecular weight is 316 g/mol. The summed E-state index contributed by atoms with van der Waals surface area (Å²) in [6.07, 6.45) is 5.47. The van der Waals surface area contributed by atoms with Crippen molar-refractivity contribution in [3.05, 3.63) is 42.1 Å². The van der Waals surface area contributed by atoms with E-state index < -0.39 is 0 Å². The van der Waals surface area contributed by atoms with Crippen molar-refractivity contribution in [2.45, 2.75) is 19.5 Å². The van der Waals surface area contributed by atoms with Gasteiger partial charge in [0.25, 0.3) is 0 Å². The highest BCUT2D eigenvalue weighted by Gasteiger charge is 2.36. The van der Waals surface area contributed by atoms with Gasteiger partial charge in [0.15, 0.2) is 0 Å². The van der Waals surface area contributed by atoms with E-state index in [0.29, 0.717) is 19.6 Å². The van der Waals surface area contributed by atoms with Gasteiger partial charge in [0.05, 0.1) is 24.9 Å². The normalized spacial score (nSPS) is 17.7. The van der Waals surface area contributed by atoms with Gasteiger partial charge in [-0.25, -0.2) is 0 Å². The Morgan fingerprint density at radius 2 is 2.35 bits per heavy atom. The molecule has 3 rings (SSSR count). The zero-order valence-corrected chi connectivity index (χ0v) is 13.3. The molecule has 2 aromatic heterocycles. The average Bonchev–Trinajstić information content (AvgIpc) is 3.23. The van der Waals surface area contributed by atoms with Crippen molar-refractivity contribution in [3.63, 3.8) is 0 Å². The van der Waals surface area contributed by atoms with Gasteiger partial charge >= 0.3 is 0 Å². The molecular weight excluding hydrogens is 296 g/mol. The largest absolute Gasteiger partial charge is 0.467 e. The van der Waals surface area contributed by atoms with Crippen LogP contribution >= 0.6 is 0 Å².